The van der Waals surface area contributed by atoms with Crippen molar-refractivity contribution in [2.24, 2.45) is 0 Å². The van der Waals surface area contributed by atoms with Crippen LogP contribution in [0.25, 0.3) is 22.8 Å². The van der Waals surface area contributed by atoms with Crippen LogP contribution in [0.5, 0.6) is 0 Å². The van der Waals surface area contributed by atoms with Crippen molar-refractivity contribution in [3.63, 3.8) is 0 Å². The Hall–Kier alpha value is -5.82. The zero-order valence-electron chi connectivity index (χ0n) is 15.4. The fourth-order valence-electron chi connectivity index (χ4n) is 2.50. The van der Waals surface area contributed by atoms with Crippen LogP contribution in [-0.2, 0) is 0 Å². The van der Waals surface area contributed by atoms with Gasteiger partial charge in [-0.15, -0.1) is 0 Å². The van der Waals surface area contributed by atoms with Gasteiger partial charge in [-0.2, -0.15) is 31.6 Å². The number of nitrogens with zero attached hydrogens (tertiary/aromatic N) is 12. The summed E-state index contributed by atoms with van der Waals surface area (Å²) in [6.07, 6.45) is 1.15. The van der Waals surface area contributed by atoms with E-state index < -0.39 is 0 Å². The third-order valence-corrected chi connectivity index (χ3v) is 3.84. The molecule has 0 saturated heterocycles. The highest BCUT2D eigenvalue weighted by Gasteiger charge is 2.23. The minimum Gasteiger partial charge on any atom is -0.240 e. The first-order valence-electron chi connectivity index (χ1n) is 8.10. The molecule has 3 aromatic rings. The van der Waals surface area contributed by atoms with Crippen molar-refractivity contribution in [2.75, 3.05) is 0 Å². The van der Waals surface area contributed by atoms with E-state index in [1.807, 2.05) is 0 Å². The predicted molar refractivity (Wildman–Crippen MR) is 97.1 cm³/mol. The van der Waals surface area contributed by atoms with E-state index in [0.717, 1.165) is 6.20 Å². The highest BCUT2D eigenvalue weighted by molar-refractivity contribution is 5.76. The SMILES string of the molecule is Cc1nc(C#N)c(C#N)nc1-c1nc(C#N)c(C#N)nc1-c1cnc(C#N)c(C#N)n1. The van der Waals surface area contributed by atoms with Crippen molar-refractivity contribution in [3.8, 4) is 59.2 Å². The van der Waals surface area contributed by atoms with Gasteiger partial charge in [-0.05, 0) is 6.92 Å². The van der Waals surface area contributed by atoms with Gasteiger partial charge in [-0.25, -0.2) is 29.9 Å². The lowest BCUT2D eigenvalue weighted by molar-refractivity contribution is 1.04. The number of rotatable bonds is 2. The van der Waals surface area contributed by atoms with Crippen LogP contribution in [0.15, 0.2) is 6.20 Å². The van der Waals surface area contributed by atoms with Gasteiger partial charge < -0.3 is 0 Å². The Morgan fingerprint density at radius 1 is 0.516 bits per heavy atom. The van der Waals surface area contributed by atoms with E-state index in [1.165, 1.54) is 6.92 Å². The van der Waals surface area contributed by atoms with Gasteiger partial charge in [0.1, 0.15) is 59.2 Å². The minimum atomic E-state index is -0.314. The summed E-state index contributed by atoms with van der Waals surface area (Å²) in [7, 11) is 0. The average molecular weight is 400 g/mol. The lowest BCUT2D eigenvalue weighted by Gasteiger charge is -2.11. The molecule has 0 spiro atoms. The molecular formula is C19H4N12. The lowest BCUT2D eigenvalue weighted by Crippen LogP contribution is -2.08. The lowest BCUT2D eigenvalue weighted by atomic mass is 10.1. The second-order valence-electron chi connectivity index (χ2n) is 5.60. The third kappa shape index (κ3) is 3.40. The second kappa shape index (κ2) is 8.05. The zero-order valence-corrected chi connectivity index (χ0v) is 15.4. The monoisotopic (exact) mass is 400 g/mol. The highest BCUT2D eigenvalue weighted by Crippen LogP contribution is 2.30. The molecule has 0 aliphatic rings. The maximum atomic E-state index is 9.34. The van der Waals surface area contributed by atoms with E-state index in [-0.39, 0.29) is 62.6 Å². The molecule has 31 heavy (non-hydrogen) atoms. The molecule has 3 aromatic heterocycles. The molecule has 0 radical (unpaired) electrons. The van der Waals surface area contributed by atoms with E-state index in [9.17, 15) is 21.0 Å². The molecule has 0 N–H and O–H groups in total. The molecule has 12 nitrogen and oxygen atoms in total. The van der Waals surface area contributed by atoms with Gasteiger partial charge >= 0.3 is 0 Å². The van der Waals surface area contributed by atoms with Crippen molar-refractivity contribution in [1.82, 2.24) is 29.9 Å². The topological polar surface area (TPSA) is 220 Å². The Balaban J connectivity index is 2.44. The van der Waals surface area contributed by atoms with E-state index in [2.05, 4.69) is 29.9 Å². The molecule has 140 valence electrons. The summed E-state index contributed by atoms with van der Waals surface area (Å²) in [6, 6.07) is 10.5. The number of hydrogen-bond acceptors (Lipinski definition) is 12. The molecule has 0 aromatic carbocycles. The number of hydrogen-bond donors (Lipinski definition) is 0. The summed E-state index contributed by atoms with van der Waals surface area (Å²) in [5.74, 6) is 0. The Labute approximate surface area is 174 Å². The minimum absolute atomic E-state index is 0.0173. The summed E-state index contributed by atoms with van der Waals surface area (Å²) in [6.45, 7) is 1.51. The molecule has 0 atom stereocenters. The first-order valence-corrected chi connectivity index (χ1v) is 8.10. The number of aromatic nitrogens is 6. The Morgan fingerprint density at radius 3 is 1.45 bits per heavy atom. The predicted octanol–water partition coefficient (Wildman–Crippen LogP) is 0.929. The molecule has 3 heterocycles. The maximum absolute atomic E-state index is 9.34. The molecule has 3 rings (SSSR count). The molecule has 0 aliphatic heterocycles. The molecular weight excluding hydrogens is 396 g/mol. The van der Waals surface area contributed by atoms with E-state index in [0.29, 0.717) is 0 Å². The van der Waals surface area contributed by atoms with Crippen molar-refractivity contribution >= 4 is 0 Å². The quantitative estimate of drug-likeness (QED) is 0.586. The van der Waals surface area contributed by atoms with Crippen molar-refractivity contribution in [1.29, 1.82) is 31.6 Å². The molecule has 0 bridgehead atoms. The second-order valence-corrected chi connectivity index (χ2v) is 5.60. The van der Waals surface area contributed by atoms with Crippen LogP contribution >= 0.6 is 0 Å². The molecule has 0 unspecified atom stereocenters. The Morgan fingerprint density at radius 2 is 0.935 bits per heavy atom. The zero-order chi connectivity index (χ0) is 22.5. The smallest absolute Gasteiger partial charge is 0.177 e. The Kier molecular flexibility index (Phi) is 5.17. The summed E-state index contributed by atoms with van der Waals surface area (Å²) in [5.41, 5.74) is -1.54. The van der Waals surface area contributed by atoms with Crippen molar-refractivity contribution in [3.05, 3.63) is 46.1 Å². The van der Waals surface area contributed by atoms with Crippen LogP contribution in [0.4, 0.5) is 0 Å². The summed E-state index contributed by atoms with van der Waals surface area (Å²) in [4.78, 5) is 24.3. The third-order valence-electron chi connectivity index (χ3n) is 3.84. The van der Waals surface area contributed by atoms with Crippen LogP contribution in [0, 0.1) is 74.9 Å². The number of nitriles is 6. The van der Waals surface area contributed by atoms with Crippen LogP contribution in [0.2, 0.25) is 0 Å². The summed E-state index contributed by atoms with van der Waals surface area (Å²) >= 11 is 0. The standard InChI is InChI=1S/C19H4N12/c1-9-17(29-13(5-23)12(4-22)27-9)19-18(30-14(6-24)15(7-25)31-19)16-8-26-10(2-20)11(3-21)28-16/h8H,1H3. The first kappa shape index (κ1) is 19.9. The van der Waals surface area contributed by atoms with Gasteiger partial charge in [0.05, 0.1) is 11.9 Å². The van der Waals surface area contributed by atoms with Crippen molar-refractivity contribution < 1.29 is 0 Å². The molecule has 0 aliphatic carbocycles. The molecule has 0 saturated carbocycles. The largest absolute Gasteiger partial charge is 0.240 e. The van der Waals surface area contributed by atoms with Gasteiger partial charge in [-0.1, -0.05) is 0 Å². The van der Waals surface area contributed by atoms with Gasteiger partial charge in [-0.3, -0.25) is 0 Å². The Bertz CT molecular complexity index is 1510. The van der Waals surface area contributed by atoms with Crippen LogP contribution in [0.1, 0.15) is 39.9 Å². The summed E-state index contributed by atoms with van der Waals surface area (Å²) in [5, 5.41) is 55.4. The summed E-state index contributed by atoms with van der Waals surface area (Å²) < 4.78 is 0. The van der Waals surface area contributed by atoms with Gasteiger partial charge in [0.2, 0.25) is 0 Å². The van der Waals surface area contributed by atoms with Crippen LogP contribution in [0.3, 0.4) is 0 Å². The highest BCUT2D eigenvalue weighted by atomic mass is 14.9. The molecule has 12 heteroatoms. The molecule has 0 fully saturated rings. The fraction of sp³-hybridized carbons (Fsp3) is 0.0526. The first-order chi connectivity index (χ1) is 15.0. The van der Waals surface area contributed by atoms with E-state index in [1.54, 1.807) is 36.4 Å². The number of aryl methyl sites for hydroxylation is 1. The van der Waals surface area contributed by atoms with Gasteiger partial charge in [0, 0.05) is 0 Å². The van der Waals surface area contributed by atoms with Crippen LogP contribution < -0.4 is 0 Å². The van der Waals surface area contributed by atoms with Crippen molar-refractivity contribution in [2.45, 2.75) is 6.92 Å². The normalized spacial score (nSPS) is 9.26. The maximum Gasteiger partial charge on any atom is 0.177 e. The van der Waals surface area contributed by atoms with E-state index >= 15 is 0 Å². The van der Waals surface area contributed by atoms with Gasteiger partial charge in [0.25, 0.3) is 0 Å². The van der Waals surface area contributed by atoms with E-state index in [4.69, 9.17) is 10.5 Å². The van der Waals surface area contributed by atoms with Crippen LogP contribution in [-0.4, -0.2) is 29.9 Å². The fourth-order valence-corrected chi connectivity index (χ4v) is 2.50. The van der Waals surface area contributed by atoms with Gasteiger partial charge in [0.15, 0.2) is 34.2 Å². The average Bonchev–Trinajstić information content (AvgIpc) is 2.82. The molecule has 0 amide bonds.